The summed E-state index contributed by atoms with van der Waals surface area (Å²) in [6.45, 7) is 1.45. The molecule has 0 heterocycles. The number of ketones is 1. The van der Waals surface area contributed by atoms with Crippen molar-refractivity contribution in [2.24, 2.45) is 0 Å². The molecule has 0 aromatic heterocycles. The van der Waals surface area contributed by atoms with Crippen LogP contribution in [0.3, 0.4) is 0 Å². The maximum atomic E-state index is 13.4. The number of nitrogens with zero attached hydrogens (tertiary/aromatic N) is 1. The van der Waals surface area contributed by atoms with Gasteiger partial charge in [-0.3, -0.25) is 4.79 Å². The van der Waals surface area contributed by atoms with Crippen LogP contribution in [-0.4, -0.2) is 5.78 Å². The lowest BCUT2D eigenvalue weighted by molar-refractivity contribution is 0.101. The molecule has 4 heteroatoms. The summed E-state index contributed by atoms with van der Waals surface area (Å²) in [6.07, 6.45) is 0. The minimum atomic E-state index is -0.636. The van der Waals surface area contributed by atoms with Gasteiger partial charge in [0.2, 0.25) is 0 Å². The summed E-state index contributed by atoms with van der Waals surface area (Å²) < 4.78 is 18.9. The van der Waals surface area contributed by atoms with Crippen LogP contribution in [0.5, 0.6) is 11.5 Å². The van der Waals surface area contributed by atoms with Crippen molar-refractivity contribution >= 4 is 5.78 Å². The summed E-state index contributed by atoms with van der Waals surface area (Å²) in [6, 6.07) is 12.4. The summed E-state index contributed by atoms with van der Waals surface area (Å²) in [5.74, 6) is -0.217. The van der Waals surface area contributed by atoms with Crippen LogP contribution in [-0.2, 0) is 0 Å². The first-order valence-corrected chi connectivity index (χ1v) is 5.59. The quantitative estimate of drug-likeness (QED) is 0.786. The van der Waals surface area contributed by atoms with Crippen molar-refractivity contribution in [3.8, 4) is 17.6 Å². The fourth-order valence-corrected chi connectivity index (χ4v) is 1.60. The van der Waals surface area contributed by atoms with Gasteiger partial charge in [0.25, 0.3) is 0 Å². The van der Waals surface area contributed by atoms with Crippen molar-refractivity contribution in [1.29, 1.82) is 5.26 Å². The Labute approximate surface area is 109 Å². The number of Topliss-reactive ketones (excluding diaryl/α,β-unsaturated/α-hetero) is 1. The number of halogens is 1. The number of hydrogen-bond acceptors (Lipinski definition) is 3. The van der Waals surface area contributed by atoms with Crippen LogP contribution in [0.15, 0.2) is 42.5 Å². The molecule has 2 aromatic rings. The molecule has 2 aromatic carbocycles. The summed E-state index contributed by atoms with van der Waals surface area (Å²) in [4.78, 5) is 11.3. The lowest BCUT2D eigenvalue weighted by atomic mass is 10.1. The Morgan fingerprint density at radius 3 is 2.68 bits per heavy atom. The molecule has 0 N–H and O–H groups in total. The number of rotatable bonds is 3. The number of hydrogen-bond donors (Lipinski definition) is 0. The zero-order chi connectivity index (χ0) is 13.8. The SMILES string of the molecule is CC(=O)c1cccc(Oc2cccc(F)c2C#N)c1. The predicted molar refractivity (Wildman–Crippen MR) is 67.6 cm³/mol. The molecule has 0 unspecified atom stereocenters. The highest BCUT2D eigenvalue weighted by molar-refractivity contribution is 5.94. The number of ether oxygens (including phenoxy) is 1. The molecule has 0 amide bonds. The third kappa shape index (κ3) is 2.78. The van der Waals surface area contributed by atoms with Gasteiger partial charge in [-0.1, -0.05) is 18.2 Å². The maximum absolute atomic E-state index is 13.4. The molecule has 2 rings (SSSR count). The molecule has 94 valence electrons. The van der Waals surface area contributed by atoms with Gasteiger partial charge in [-0.25, -0.2) is 4.39 Å². The van der Waals surface area contributed by atoms with Crippen molar-refractivity contribution in [2.75, 3.05) is 0 Å². The second-order valence-electron chi connectivity index (χ2n) is 3.91. The Bertz CT molecular complexity index is 674. The maximum Gasteiger partial charge on any atom is 0.159 e. The molecule has 0 atom stereocenters. The van der Waals surface area contributed by atoms with Gasteiger partial charge in [0.05, 0.1) is 0 Å². The Morgan fingerprint density at radius 1 is 1.26 bits per heavy atom. The Morgan fingerprint density at radius 2 is 2.00 bits per heavy atom. The van der Waals surface area contributed by atoms with Crippen molar-refractivity contribution < 1.29 is 13.9 Å². The fraction of sp³-hybridized carbons (Fsp3) is 0.0667. The van der Waals surface area contributed by atoms with E-state index in [4.69, 9.17) is 10.00 Å². The van der Waals surface area contributed by atoms with Crippen LogP contribution < -0.4 is 4.74 Å². The molecular weight excluding hydrogens is 245 g/mol. The van der Waals surface area contributed by atoms with Gasteiger partial charge < -0.3 is 4.74 Å². The number of benzene rings is 2. The molecule has 0 aliphatic heterocycles. The third-order valence-electron chi connectivity index (χ3n) is 2.56. The normalized spacial score (nSPS) is 9.74. The average Bonchev–Trinajstić information content (AvgIpc) is 2.39. The molecule has 0 aliphatic carbocycles. The first-order chi connectivity index (χ1) is 9.11. The fourth-order valence-electron chi connectivity index (χ4n) is 1.60. The zero-order valence-corrected chi connectivity index (χ0v) is 10.2. The standard InChI is InChI=1S/C15H10FNO2/c1-10(18)11-4-2-5-12(8-11)19-15-7-3-6-14(16)13(15)9-17/h2-8H,1H3. The van der Waals surface area contributed by atoms with Gasteiger partial charge in [0.15, 0.2) is 5.78 Å². The van der Waals surface area contributed by atoms with E-state index >= 15 is 0 Å². The summed E-state index contributed by atoms with van der Waals surface area (Å²) >= 11 is 0. The van der Waals surface area contributed by atoms with Gasteiger partial charge in [-0.2, -0.15) is 5.26 Å². The summed E-state index contributed by atoms with van der Waals surface area (Å²) in [7, 11) is 0. The zero-order valence-electron chi connectivity index (χ0n) is 10.2. The molecule has 0 bridgehead atoms. The molecule has 19 heavy (non-hydrogen) atoms. The molecule has 0 aliphatic rings. The van der Waals surface area contributed by atoms with E-state index < -0.39 is 5.82 Å². The minimum absolute atomic E-state index is 0.0924. The van der Waals surface area contributed by atoms with Gasteiger partial charge >= 0.3 is 0 Å². The third-order valence-corrected chi connectivity index (χ3v) is 2.56. The molecule has 0 radical (unpaired) electrons. The van der Waals surface area contributed by atoms with E-state index in [9.17, 15) is 9.18 Å². The second-order valence-corrected chi connectivity index (χ2v) is 3.91. The smallest absolute Gasteiger partial charge is 0.159 e. The van der Waals surface area contributed by atoms with Crippen LogP contribution >= 0.6 is 0 Å². The van der Waals surface area contributed by atoms with Gasteiger partial charge in [0, 0.05) is 5.56 Å². The predicted octanol–water partition coefficient (Wildman–Crippen LogP) is 3.69. The van der Waals surface area contributed by atoms with E-state index in [1.807, 2.05) is 0 Å². The highest BCUT2D eigenvalue weighted by Gasteiger charge is 2.10. The monoisotopic (exact) mass is 255 g/mol. The number of nitriles is 1. The number of carbonyl (C=O) groups excluding carboxylic acids is 1. The van der Waals surface area contributed by atoms with E-state index in [1.165, 1.54) is 25.1 Å². The van der Waals surface area contributed by atoms with Crippen molar-refractivity contribution in [3.63, 3.8) is 0 Å². The van der Waals surface area contributed by atoms with Crippen LogP contribution in [0, 0.1) is 17.1 Å². The van der Waals surface area contributed by atoms with Crippen molar-refractivity contribution in [1.82, 2.24) is 0 Å². The molecule has 0 saturated carbocycles. The van der Waals surface area contributed by atoms with E-state index in [0.717, 1.165) is 0 Å². The molecule has 0 saturated heterocycles. The van der Waals surface area contributed by atoms with E-state index in [2.05, 4.69) is 0 Å². The highest BCUT2D eigenvalue weighted by atomic mass is 19.1. The summed E-state index contributed by atoms with van der Waals surface area (Å²) in [5, 5.41) is 8.90. The highest BCUT2D eigenvalue weighted by Crippen LogP contribution is 2.27. The molecule has 0 spiro atoms. The van der Waals surface area contributed by atoms with E-state index in [1.54, 1.807) is 30.3 Å². The lowest BCUT2D eigenvalue weighted by Crippen LogP contribution is -1.94. The van der Waals surface area contributed by atoms with Gasteiger partial charge in [-0.05, 0) is 31.2 Å². The lowest BCUT2D eigenvalue weighted by Gasteiger charge is -2.08. The Balaban J connectivity index is 2.37. The molecular formula is C15H10FNO2. The van der Waals surface area contributed by atoms with Crippen LogP contribution in [0.1, 0.15) is 22.8 Å². The summed E-state index contributed by atoms with van der Waals surface area (Å²) in [5.41, 5.74) is 0.336. The van der Waals surface area contributed by atoms with E-state index in [0.29, 0.717) is 11.3 Å². The minimum Gasteiger partial charge on any atom is -0.456 e. The van der Waals surface area contributed by atoms with Crippen LogP contribution in [0.4, 0.5) is 4.39 Å². The van der Waals surface area contributed by atoms with Gasteiger partial charge in [0.1, 0.15) is 28.9 Å². The average molecular weight is 255 g/mol. The molecule has 0 fully saturated rings. The first-order valence-electron chi connectivity index (χ1n) is 5.59. The molecule has 3 nitrogen and oxygen atoms in total. The second kappa shape index (κ2) is 5.32. The van der Waals surface area contributed by atoms with Crippen LogP contribution in [0.2, 0.25) is 0 Å². The largest absolute Gasteiger partial charge is 0.456 e. The topological polar surface area (TPSA) is 50.1 Å². The van der Waals surface area contributed by atoms with E-state index in [-0.39, 0.29) is 17.1 Å². The number of carbonyl (C=O) groups is 1. The van der Waals surface area contributed by atoms with Crippen molar-refractivity contribution in [3.05, 3.63) is 59.4 Å². The Kier molecular flexibility index (Phi) is 3.58. The first kappa shape index (κ1) is 12.8. The Hall–Kier alpha value is -2.67. The van der Waals surface area contributed by atoms with Gasteiger partial charge in [-0.15, -0.1) is 0 Å². The van der Waals surface area contributed by atoms with Crippen LogP contribution in [0.25, 0.3) is 0 Å². The van der Waals surface area contributed by atoms with Crippen molar-refractivity contribution in [2.45, 2.75) is 6.92 Å².